The van der Waals surface area contributed by atoms with Gasteiger partial charge < -0.3 is 21.1 Å². The van der Waals surface area contributed by atoms with Crippen LogP contribution in [0.15, 0.2) is 84.9 Å². The summed E-state index contributed by atoms with van der Waals surface area (Å²) in [4.78, 5) is 34.4. The SMILES string of the molecule is N[C@@H](c1ccccc1)P(=O)(O)C[C@@H](Cc1ccc(-c2ccccc2)cc1)C(=O)NCC(=O)O. The minimum atomic E-state index is -3.99. The summed E-state index contributed by atoms with van der Waals surface area (Å²) in [6, 6.07) is 25.9. The minimum absolute atomic E-state index is 0.173. The molecule has 7 nitrogen and oxygen atoms in total. The Labute approximate surface area is 192 Å². The van der Waals surface area contributed by atoms with E-state index in [0.29, 0.717) is 5.56 Å². The predicted octanol–water partition coefficient (Wildman–Crippen LogP) is 3.64. The van der Waals surface area contributed by atoms with Crippen LogP contribution in [0.2, 0.25) is 0 Å². The maximum Gasteiger partial charge on any atom is 0.322 e. The summed E-state index contributed by atoms with van der Waals surface area (Å²) >= 11 is 0. The Morgan fingerprint density at radius 3 is 2.00 bits per heavy atom. The first-order valence-electron chi connectivity index (χ1n) is 10.5. The van der Waals surface area contributed by atoms with E-state index >= 15 is 0 Å². The fourth-order valence-corrected chi connectivity index (χ4v) is 5.40. The van der Waals surface area contributed by atoms with Crippen LogP contribution in [0, 0.1) is 5.92 Å². The predicted molar refractivity (Wildman–Crippen MR) is 128 cm³/mol. The third-order valence-corrected chi connectivity index (χ3v) is 7.52. The lowest BCUT2D eigenvalue weighted by Gasteiger charge is -2.24. The molecule has 3 aromatic rings. The van der Waals surface area contributed by atoms with Crippen molar-refractivity contribution < 1.29 is 24.2 Å². The highest BCUT2D eigenvalue weighted by molar-refractivity contribution is 7.58. The van der Waals surface area contributed by atoms with Gasteiger partial charge >= 0.3 is 5.97 Å². The molecule has 0 aliphatic rings. The van der Waals surface area contributed by atoms with Crippen molar-refractivity contribution in [2.24, 2.45) is 11.7 Å². The van der Waals surface area contributed by atoms with Gasteiger partial charge in [-0.05, 0) is 28.7 Å². The Morgan fingerprint density at radius 2 is 1.42 bits per heavy atom. The van der Waals surface area contributed by atoms with Gasteiger partial charge in [-0.2, -0.15) is 0 Å². The van der Waals surface area contributed by atoms with Gasteiger partial charge in [0, 0.05) is 6.16 Å². The van der Waals surface area contributed by atoms with Gasteiger partial charge in [-0.3, -0.25) is 14.2 Å². The summed E-state index contributed by atoms with van der Waals surface area (Å²) in [5.41, 5.74) is 9.43. The van der Waals surface area contributed by atoms with Crippen LogP contribution in [0.4, 0.5) is 0 Å². The van der Waals surface area contributed by atoms with Crippen LogP contribution >= 0.6 is 7.37 Å². The Hall–Kier alpha value is -3.25. The number of rotatable bonds is 10. The molecular weight excluding hydrogens is 439 g/mol. The van der Waals surface area contributed by atoms with Crippen LogP contribution in [0.25, 0.3) is 11.1 Å². The summed E-state index contributed by atoms with van der Waals surface area (Å²) in [6.07, 6.45) is -0.193. The van der Waals surface area contributed by atoms with E-state index in [0.717, 1.165) is 16.7 Å². The van der Waals surface area contributed by atoms with E-state index in [1.807, 2.05) is 54.6 Å². The Bertz CT molecular complexity index is 1120. The third kappa shape index (κ3) is 6.86. The first kappa shape index (κ1) is 24.4. The van der Waals surface area contributed by atoms with Crippen LogP contribution in [-0.4, -0.2) is 34.6 Å². The number of aliphatic carboxylic acids is 1. The number of nitrogens with two attached hydrogens (primary N) is 1. The molecule has 0 aliphatic carbocycles. The summed E-state index contributed by atoms with van der Waals surface area (Å²) < 4.78 is 13.1. The second kappa shape index (κ2) is 11.1. The Kier molecular flexibility index (Phi) is 8.17. The molecule has 0 bridgehead atoms. The molecule has 0 saturated carbocycles. The molecule has 0 saturated heterocycles. The van der Waals surface area contributed by atoms with Crippen LogP contribution in [0.3, 0.4) is 0 Å². The first-order valence-corrected chi connectivity index (χ1v) is 12.4. The molecule has 172 valence electrons. The normalized spacial score (nSPS) is 14.6. The fourth-order valence-electron chi connectivity index (χ4n) is 3.61. The smallest absolute Gasteiger partial charge is 0.322 e. The number of benzene rings is 3. The molecule has 0 spiro atoms. The largest absolute Gasteiger partial charge is 0.480 e. The molecule has 8 heteroatoms. The van der Waals surface area contributed by atoms with Crippen LogP contribution in [0.5, 0.6) is 0 Å². The van der Waals surface area contributed by atoms with Gasteiger partial charge in [-0.15, -0.1) is 0 Å². The van der Waals surface area contributed by atoms with Gasteiger partial charge in [0.1, 0.15) is 12.3 Å². The molecule has 5 N–H and O–H groups in total. The quantitative estimate of drug-likeness (QED) is 0.338. The first-order chi connectivity index (χ1) is 15.8. The molecule has 3 aromatic carbocycles. The van der Waals surface area contributed by atoms with Crippen molar-refractivity contribution in [1.82, 2.24) is 5.32 Å². The zero-order chi connectivity index (χ0) is 23.8. The van der Waals surface area contributed by atoms with Crippen molar-refractivity contribution in [3.05, 3.63) is 96.1 Å². The molecule has 0 aromatic heterocycles. The summed E-state index contributed by atoms with van der Waals surface area (Å²) in [7, 11) is -3.99. The molecule has 1 amide bonds. The number of carbonyl (C=O) groups is 2. The number of carboxylic acids is 1. The maximum atomic E-state index is 13.1. The van der Waals surface area contributed by atoms with Crippen LogP contribution < -0.4 is 11.1 Å². The lowest BCUT2D eigenvalue weighted by atomic mass is 9.97. The fraction of sp³-hybridized carbons (Fsp3) is 0.200. The van der Waals surface area contributed by atoms with E-state index in [-0.39, 0.29) is 12.6 Å². The minimum Gasteiger partial charge on any atom is -0.480 e. The Morgan fingerprint density at radius 1 is 0.879 bits per heavy atom. The number of carboxylic acid groups (broad SMARTS) is 1. The van der Waals surface area contributed by atoms with Crippen molar-refractivity contribution in [2.75, 3.05) is 12.7 Å². The van der Waals surface area contributed by atoms with Gasteiger partial charge in [0.15, 0.2) is 0 Å². The molecule has 33 heavy (non-hydrogen) atoms. The number of nitrogens with one attached hydrogen (secondary N) is 1. The second-order valence-electron chi connectivity index (χ2n) is 7.87. The standard InChI is InChI=1S/C25H27N2O5P/c26-24(21-9-5-2-6-10-21)33(31,32)17-22(25(30)27-16-23(28)29)15-18-11-13-20(14-12-18)19-7-3-1-4-8-19/h1-14,22,24H,15-17,26H2,(H,27,30)(H,28,29)(H,31,32)/t22-,24-/m1/s1. The van der Waals surface area contributed by atoms with Crippen molar-refractivity contribution in [3.63, 3.8) is 0 Å². The van der Waals surface area contributed by atoms with E-state index in [2.05, 4.69) is 5.32 Å². The molecule has 0 heterocycles. The number of hydrogen-bond acceptors (Lipinski definition) is 4. The van der Waals surface area contributed by atoms with Crippen molar-refractivity contribution in [2.45, 2.75) is 12.2 Å². The van der Waals surface area contributed by atoms with Crippen LogP contribution in [-0.2, 0) is 20.6 Å². The van der Waals surface area contributed by atoms with Crippen molar-refractivity contribution in [3.8, 4) is 11.1 Å². The van der Waals surface area contributed by atoms with E-state index < -0.39 is 37.5 Å². The summed E-state index contributed by atoms with van der Waals surface area (Å²) in [6.45, 7) is -0.567. The Balaban J connectivity index is 1.79. The molecule has 1 unspecified atom stereocenters. The topological polar surface area (TPSA) is 130 Å². The second-order valence-corrected chi connectivity index (χ2v) is 10.3. The number of amides is 1. The van der Waals surface area contributed by atoms with E-state index in [1.165, 1.54) is 0 Å². The molecule has 3 rings (SSSR count). The monoisotopic (exact) mass is 466 g/mol. The zero-order valence-electron chi connectivity index (χ0n) is 18.0. The zero-order valence-corrected chi connectivity index (χ0v) is 18.9. The summed E-state index contributed by atoms with van der Waals surface area (Å²) in [5, 5.41) is 11.2. The summed E-state index contributed by atoms with van der Waals surface area (Å²) in [5.74, 6) is -3.85. The highest BCUT2D eigenvalue weighted by Crippen LogP contribution is 2.54. The van der Waals surface area contributed by atoms with Gasteiger partial charge in [-0.1, -0.05) is 84.9 Å². The molecule has 0 aliphatic heterocycles. The van der Waals surface area contributed by atoms with Gasteiger partial charge in [0.2, 0.25) is 13.3 Å². The van der Waals surface area contributed by atoms with Crippen LogP contribution in [0.1, 0.15) is 16.9 Å². The average Bonchev–Trinajstić information content (AvgIpc) is 2.83. The highest BCUT2D eigenvalue weighted by atomic mass is 31.2. The maximum absolute atomic E-state index is 13.1. The molecule has 0 radical (unpaired) electrons. The number of hydrogen-bond donors (Lipinski definition) is 4. The third-order valence-electron chi connectivity index (χ3n) is 5.39. The van der Waals surface area contributed by atoms with Crippen molar-refractivity contribution >= 4 is 19.2 Å². The average molecular weight is 466 g/mol. The number of carbonyl (C=O) groups excluding carboxylic acids is 1. The van der Waals surface area contributed by atoms with E-state index in [4.69, 9.17) is 10.8 Å². The lowest BCUT2D eigenvalue weighted by Crippen LogP contribution is -2.37. The highest BCUT2D eigenvalue weighted by Gasteiger charge is 2.35. The van der Waals surface area contributed by atoms with E-state index in [9.17, 15) is 19.0 Å². The van der Waals surface area contributed by atoms with E-state index in [1.54, 1.807) is 30.3 Å². The molecule has 0 fully saturated rings. The lowest BCUT2D eigenvalue weighted by molar-refractivity contribution is -0.138. The molecular formula is C25H27N2O5P. The van der Waals surface area contributed by atoms with Gasteiger partial charge in [0.25, 0.3) is 0 Å². The van der Waals surface area contributed by atoms with Crippen molar-refractivity contribution in [1.29, 1.82) is 0 Å². The van der Waals surface area contributed by atoms with Gasteiger partial charge in [0.05, 0.1) is 5.92 Å². The van der Waals surface area contributed by atoms with Gasteiger partial charge in [-0.25, -0.2) is 0 Å². The molecule has 3 atom stereocenters.